The van der Waals surface area contributed by atoms with Crippen LogP contribution >= 0.6 is 11.3 Å². The molecule has 2 amide bonds. The summed E-state index contributed by atoms with van der Waals surface area (Å²) in [5, 5.41) is 3.29. The minimum Gasteiger partial charge on any atom is -0.334 e. The van der Waals surface area contributed by atoms with Crippen LogP contribution in [0.5, 0.6) is 0 Å². The number of carbonyl (C=O) groups is 2. The van der Waals surface area contributed by atoms with Crippen molar-refractivity contribution in [2.75, 3.05) is 18.6 Å². The summed E-state index contributed by atoms with van der Waals surface area (Å²) in [6.45, 7) is 0. The van der Waals surface area contributed by atoms with Gasteiger partial charge in [-0.3, -0.25) is 9.59 Å². The maximum absolute atomic E-state index is 13.7. The lowest BCUT2D eigenvalue weighted by Crippen LogP contribution is -2.44. The first kappa shape index (κ1) is 22.2. The summed E-state index contributed by atoms with van der Waals surface area (Å²) in [6.07, 6.45) is 1.15. The van der Waals surface area contributed by atoms with Crippen LogP contribution in [0.3, 0.4) is 0 Å². The smallest absolute Gasteiger partial charge is 0.254 e. The van der Waals surface area contributed by atoms with Crippen molar-refractivity contribution < 1.29 is 18.0 Å². The molecule has 172 valence electrons. The van der Waals surface area contributed by atoms with Gasteiger partial charge in [-0.2, -0.15) is 0 Å². The van der Waals surface area contributed by atoms with Gasteiger partial charge in [-0.15, -0.1) is 0 Å². The summed E-state index contributed by atoms with van der Waals surface area (Å²) in [4.78, 5) is 33.1. The van der Waals surface area contributed by atoms with Gasteiger partial charge in [0.2, 0.25) is 5.91 Å². The SMILES string of the molecule is CN1C(=O)c2ccccc2[C@@H](C(=O)Nc2nc3ccc(S(C)(=O)=O)cc3s2)[C@H]1c1ccccc1. The van der Waals surface area contributed by atoms with E-state index in [0.29, 0.717) is 26.5 Å². The molecule has 1 aliphatic heterocycles. The van der Waals surface area contributed by atoms with Crippen LogP contribution in [-0.2, 0) is 14.6 Å². The van der Waals surface area contributed by atoms with Crippen LogP contribution in [0.4, 0.5) is 5.13 Å². The lowest BCUT2D eigenvalue weighted by molar-refractivity contribution is -0.119. The van der Waals surface area contributed by atoms with Crippen LogP contribution in [0.15, 0.2) is 77.7 Å². The molecule has 3 aromatic carbocycles. The predicted molar refractivity (Wildman–Crippen MR) is 132 cm³/mol. The molecule has 5 rings (SSSR count). The van der Waals surface area contributed by atoms with E-state index in [9.17, 15) is 18.0 Å². The largest absolute Gasteiger partial charge is 0.334 e. The molecular formula is C25H21N3O4S2. The molecule has 34 heavy (non-hydrogen) atoms. The third-order valence-electron chi connectivity index (χ3n) is 6.02. The second-order valence-electron chi connectivity index (χ2n) is 8.25. The van der Waals surface area contributed by atoms with Gasteiger partial charge in [-0.1, -0.05) is 59.9 Å². The molecule has 0 bridgehead atoms. The average Bonchev–Trinajstić information content (AvgIpc) is 3.22. The third kappa shape index (κ3) is 3.86. The van der Waals surface area contributed by atoms with Crippen molar-refractivity contribution in [2.45, 2.75) is 16.9 Å². The Balaban J connectivity index is 1.55. The van der Waals surface area contributed by atoms with Crippen molar-refractivity contribution in [3.05, 3.63) is 89.5 Å². The van der Waals surface area contributed by atoms with Crippen LogP contribution in [0.1, 0.15) is 33.4 Å². The number of anilines is 1. The number of benzene rings is 3. The maximum atomic E-state index is 13.7. The zero-order valence-corrected chi connectivity index (χ0v) is 20.1. The highest BCUT2D eigenvalue weighted by Crippen LogP contribution is 2.42. The quantitative estimate of drug-likeness (QED) is 0.460. The van der Waals surface area contributed by atoms with Crippen LogP contribution in [-0.4, -0.2) is 43.4 Å². The molecule has 0 radical (unpaired) electrons. The van der Waals surface area contributed by atoms with Crippen molar-refractivity contribution >= 4 is 48.3 Å². The Hall–Kier alpha value is -3.56. The Labute approximate surface area is 201 Å². The average molecular weight is 492 g/mol. The molecule has 1 aliphatic rings. The van der Waals surface area contributed by atoms with E-state index in [1.54, 1.807) is 36.2 Å². The number of hydrogen-bond acceptors (Lipinski definition) is 6. The topological polar surface area (TPSA) is 96.4 Å². The molecule has 1 aromatic heterocycles. The normalized spacial score (nSPS) is 18.1. The lowest BCUT2D eigenvalue weighted by atomic mass is 9.79. The van der Waals surface area contributed by atoms with Crippen molar-refractivity contribution in [2.24, 2.45) is 0 Å². The van der Waals surface area contributed by atoms with Gasteiger partial charge < -0.3 is 10.2 Å². The minimum absolute atomic E-state index is 0.137. The molecule has 9 heteroatoms. The summed E-state index contributed by atoms with van der Waals surface area (Å²) in [6, 6.07) is 20.9. The van der Waals surface area contributed by atoms with E-state index in [4.69, 9.17) is 0 Å². The summed E-state index contributed by atoms with van der Waals surface area (Å²) < 4.78 is 24.5. The van der Waals surface area contributed by atoms with E-state index < -0.39 is 21.8 Å². The molecule has 0 aliphatic carbocycles. The first-order valence-electron chi connectivity index (χ1n) is 10.6. The Bertz CT molecular complexity index is 1530. The summed E-state index contributed by atoms with van der Waals surface area (Å²) in [5.41, 5.74) is 2.62. The maximum Gasteiger partial charge on any atom is 0.254 e. The highest BCUT2D eigenvalue weighted by molar-refractivity contribution is 7.90. The Morgan fingerprint density at radius 3 is 2.47 bits per heavy atom. The number of carbonyl (C=O) groups excluding carboxylic acids is 2. The van der Waals surface area contributed by atoms with Gasteiger partial charge in [-0.05, 0) is 35.4 Å². The second kappa shape index (κ2) is 8.34. The van der Waals surface area contributed by atoms with Gasteiger partial charge in [0.25, 0.3) is 5.91 Å². The molecule has 1 N–H and O–H groups in total. The minimum atomic E-state index is -3.35. The highest BCUT2D eigenvalue weighted by atomic mass is 32.2. The van der Waals surface area contributed by atoms with Crippen molar-refractivity contribution in [3.8, 4) is 0 Å². The zero-order valence-electron chi connectivity index (χ0n) is 18.4. The molecule has 0 fully saturated rings. The molecule has 0 saturated heterocycles. The first-order chi connectivity index (χ1) is 16.2. The molecular weight excluding hydrogens is 470 g/mol. The fourth-order valence-electron chi connectivity index (χ4n) is 4.40. The number of likely N-dealkylation sites (N-methyl/N-ethyl adjacent to an activating group) is 1. The summed E-state index contributed by atoms with van der Waals surface area (Å²) >= 11 is 1.21. The predicted octanol–water partition coefficient (Wildman–Crippen LogP) is 4.25. The number of nitrogens with zero attached hydrogens (tertiary/aromatic N) is 2. The first-order valence-corrected chi connectivity index (χ1v) is 13.3. The number of nitrogens with one attached hydrogen (secondary N) is 1. The lowest BCUT2D eigenvalue weighted by Gasteiger charge is -2.39. The van der Waals surface area contributed by atoms with Crippen LogP contribution < -0.4 is 5.32 Å². The van der Waals surface area contributed by atoms with E-state index in [1.807, 2.05) is 42.5 Å². The standard InChI is InChI=1S/C25H21N3O4S2/c1-28-22(15-8-4-3-5-9-15)21(17-10-6-7-11-18(17)24(28)30)23(29)27-25-26-19-13-12-16(34(2,31)32)14-20(19)33-25/h3-14,21-22H,1-2H3,(H,26,27,29)/t21-,22-/m1/s1. The summed E-state index contributed by atoms with van der Waals surface area (Å²) in [7, 11) is -1.64. The fraction of sp³-hybridized carbons (Fsp3) is 0.160. The van der Waals surface area contributed by atoms with Gasteiger partial charge >= 0.3 is 0 Å². The number of aromatic nitrogens is 1. The van der Waals surface area contributed by atoms with Crippen molar-refractivity contribution in [1.82, 2.24) is 9.88 Å². The molecule has 7 nitrogen and oxygen atoms in total. The molecule has 2 atom stereocenters. The molecule has 4 aromatic rings. The number of hydrogen-bond donors (Lipinski definition) is 1. The van der Waals surface area contributed by atoms with Crippen LogP contribution in [0.25, 0.3) is 10.2 Å². The van der Waals surface area contributed by atoms with Gasteiger partial charge in [0.15, 0.2) is 15.0 Å². The van der Waals surface area contributed by atoms with Crippen molar-refractivity contribution in [1.29, 1.82) is 0 Å². The van der Waals surface area contributed by atoms with E-state index in [0.717, 1.165) is 11.8 Å². The van der Waals surface area contributed by atoms with Gasteiger partial charge in [0.05, 0.1) is 27.1 Å². The van der Waals surface area contributed by atoms with Crippen molar-refractivity contribution in [3.63, 3.8) is 0 Å². The molecule has 0 unspecified atom stereocenters. The number of rotatable bonds is 4. The van der Waals surface area contributed by atoms with Gasteiger partial charge in [0, 0.05) is 18.9 Å². The van der Waals surface area contributed by atoms with Gasteiger partial charge in [0.1, 0.15) is 0 Å². The Morgan fingerprint density at radius 2 is 1.74 bits per heavy atom. The van der Waals surface area contributed by atoms with E-state index in [2.05, 4.69) is 10.3 Å². The molecule has 0 saturated carbocycles. The van der Waals surface area contributed by atoms with E-state index in [1.165, 1.54) is 17.4 Å². The summed E-state index contributed by atoms with van der Waals surface area (Å²) in [5.74, 6) is -1.08. The second-order valence-corrected chi connectivity index (χ2v) is 11.3. The monoisotopic (exact) mass is 491 g/mol. The zero-order chi connectivity index (χ0) is 24.0. The third-order valence-corrected chi connectivity index (χ3v) is 8.07. The van der Waals surface area contributed by atoms with Gasteiger partial charge in [-0.25, -0.2) is 13.4 Å². The number of thiazole rings is 1. The van der Waals surface area contributed by atoms with Crippen LogP contribution in [0.2, 0.25) is 0 Å². The molecule has 2 heterocycles. The fourth-order valence-corrected chi connectivity index (χ4v) is 6.03. The highest BCUT2D eigenvalue weighted by Gasteiger charge is 2.42. The number of fused-ring (bicyclic) bond motifs is 2. The van der Waals surface area contributed by atoms with E-state index in [-0.39, 0.29) is 16.7 Å². The Kier molecular flexibility index (Phi) is 5.45. The number of sulfone groups is 1. The van der Waals surface area contributed by atoms with Crippen LogP contribution in [0, 0.1) is 0 Å². The Morgan fingerprint density at radius 1 is 1.03 bits per heavy atom. The van der Waals surface area contributed by atoms with E-state index >= 15 is 0 Å². The molecule has 0 spiro atoms. The number of amides is 2.